The molecule has 0 bridgehead atoms. The highest BCUT2D eigenvalue weighted by atomic mass is 32.1. The third-order valence-electron chi connectivity index (χ3n) is 4.22. The third-order valence-corrected chi connectivity index (χ3v) is 5.04. The first-order valence-corrected chi connectivity index (χ1v) is 8.88. The summed E-state index contributed by atoms with van der Waals surface area (Å²) in [7, 11) is 0. The number of thiophene rings is 1. The van der Waals surface area contributed by atoms with Crippen molar-refractivity contribution in [2.45, 2.75) is 32.2 Å². The van der Waals surface area contributed by atoms with E-state index in [1.54, 1.807) is 11.3 Å². The van der Waals surface area contributed by atoms with Gasteiger partial charge in [0.25, 0.3) is 0 Å². The molecule has 0 saturated carbocycles. The van der Waals surface area contributed by atoms with Gasteiger partial charge in [-0.25, -0.2) is 9.97 Å². The molecule has 1 aliphatic heterocycles. The van der Waals surface area contributed by atoms with Crippen molar-refractivity contribution in [3.8, 4) is 0 Å². The number of aliphatic carboxylic acids is 1. The molecule has 1 saturated heterocycles. The van der Waals surface area contributed by atoms with Crippen LogP contribution in [0.3, 0.4) is 0 Å². The van der Waals surface area contributed by atoms with Gasteiger partial charge in [0.2, 0.25) is 5.91 Å². The van der Waals surface area contributed by atoms with Gasteiger partial charge >= 0.3 is 5.97 Å². The Balaban J connectivity index is 1.70. The number of aromatic nitrogens is 2. The molecule has 0 aromatic carbocycles. The van der Waals surface area contributed by atoms with Crippen LogP contribution in [-0.4, -0.2) is 46.1 Å². The fraction of sp³-hybridized carbons (Fsp3) is 0.500. The summed E-state index contributed by atoms with van der Waals surface area (Å²) in [6, 6.07) is 1.72. The lowest BCUT2D eigenvalue weighted by Crippen LogP contribution is -2.45. The number of carboxylic acid groups (broad SMARTS) is 1. The van der Waals surface area contributed by atoms with E-state index < -0.39 is 5.97 Å². The lowest BCUT2D eigenvalue weighted by Gasteiger charge is -2.25. The van der Waals surface area contributed by atoms with E-state index in [1.807, 2.05) is 23.3 Å². The molecule has 3 heterocycles. The Bertz CT molecular complexity index is 748. The number of fused-ring (bicyclic) bond motifs is 1. The Hall–Kier alpha value is -2.22. The van der Waals surface area contributed by atoms with Gasteiger partial charge in [-0.2, -0.15) is 0 Å². The smallest absolute Gasteiger partial charge is 0.303 e. The summed E-state index contributed by atoms with van der Waals surface area (Å²) in [6.45, 7) is 2.97. The highest BCUT2D eigenvalue weighted by Gasteiger charge is 2.32. The SMILES string of the molecule is CC(CNC(=O)C1CCCN1c1ncnc2sccc12)CC(=O)O. The molecule has 0 aliphatic carbocycles. The van der Waals surface area contributed by atoms with Crippen LogP contribution in [0, 0.1) is 5.92 Å². The maximum atomic E-state index is 12.6. The van der Waals surface area contributed by atoms with Crippen LogP contribution < -0.4 is 10.2 Å². The quantitative estimate of drug-likeness (QED) is 0.828. The van der Waals surface area contributed by atoms with Crippen LogP contribution >= 0.6 is 11.3 Å². The Morgan fingerprint density at radius 3 is 3.12 bits per heavy atom. The number of hydrogen-bond donors (Lipinski definition) is 2. The lowest BCUT2D eigenvalue weighted by molar-refractivity contribution is -0.138. The predicted molar refractivity (Wildman–Crippen MR) is 92.2 cm³/mol. The van der Waals surface area contributed by atoms with Gasteiger partial charge in [0.1, 0.15) is 23.0 Å². The number of carbonyl (C=O) groups excluding carboxylic acids is 1. The number of hydrogen-bond acceptors (Lipinski definition) is 6. The van der Waals surface area contributed by atoms with E-state index in [0.717, 1.165) is 35.4 Å². The topological polar surface area (TPSA) is 95.4 Å². The minimum Gasteiger partial charge on any atom is -0.481 e. The molecular formula is C16H20N4O3S. The summed E-state index contributed by atoms with van der Waals surface area (Å²) in [4.78, 5) is 34.9. The van der Waals surface area contributed by atoms with Gasteiger partial charge in [-0.15, -0.1) is 11.3 Å². The zero-order valence-electron chi connectivity index (χ0n) is 13.4. The second-order valence-corrected chi connectivity index (χ2v) is 7.03. The number of carboxylic acids is 1. The molecule has 2 unspecified atom stereocenters. The van der Waals surface area contributed by atoms with Crippen molar-refractivity contribution in [1.82, 2.24) is 15.3 Å². The molecule has 24 heavy (non-hydrogen) atoms. The molecule has 2 atom stereocenters. The Kier molecular flexibility index (Phi) is 4.94. The van der Waals surface area contributed by atoms with Crippen molar-refractivity contribution in [2.24, 2.45) is 5.92 Å². The number of nitrogens with one attached hydrogen (secondary N) is 1. The standard InChI is InChI=1S/C16H20N4O3S/c1-10(7-13(21)22)8-17-15(23)12-3-2-5-20(12)14-11-4-6-24-16(11)19-9-18-14/h4,6,9-10,12H,2-3,5,7-8H2,1H3,(H,17,23)(H,21,22). The van der Waals surface area contributed by atoms with Crippen molar-refractivity contribution in [2.75, 3.05) is 18.0 Å². The maximum Gasteiger partial charge on any atom is 0.303 e. The number of amides is 1. The molecule has 0 spiro atoms. The van der Waals surface area contributed by atoms with E-state index in [9.17, 15) is 9.59 Å². The zero-order chi connectivity index (χ0) is 17.1. The zero-order valence-corrected chi connectivity index (χ0v) is 14.3. The van der Waals surface area contributed by atoms with Gasteiger partial charge in [0.05, 0.1) is 5.39 Å². The lowest BCUT2D eigenvalue weighted by atomic mass is 10.1. The molecule has 1 aliphatic rings. The fourth-order valence-electron chi connectivity index (χ4n) is 3.06. The summed E-state index contributed by atoms with van der Waals surface area (Å²) in [5, 5.41) is 14.6. The van der Waals surface area contributed by atoms with Gasteiger partial charge < -0.3 is 15.3 Å². The second-order valence-electron chi connectivity index (χ2n) is 6.14. The molecule has 128 valence electrons. The van der Waals surface area contributed by atoms with Crippen molar-refractivity contribution in [1.29, 1.82) is 0 Å². The number of anilines is 1. The van der Waals surface area contributed by atoms with Gasteiger partial charge in [0.15, 0.2) is 0 Å². The molecule has 2 N–H and O–H groups in total. The molecule has 0 radical (unpaired) electrons. The maximum absolute atomic E-state index is 12.6. The molecule has 3 rings (SSSR count). The summed E-state index contributed by atoms with van der Waals surface area (Å²) < 4.78 is 0. The normalized spacial score (nSPS) is 18.7. The van der Waals surface area contributed by atoms with Crippen molar-refractivity contribution in [3.05, 3.63) is 17.8 Å². The largest absolute Gasteiger partial charge is 0.481 e. The molecule has 1 amide bonds. The monoisotopic (exact) mass is 348 g/mol. The van der Waals surface area contributed by atoms with E-state index in [4.69, 9.17) is 5.11 Å². The molecular weight excluding hydrogens is 328 g/mol. The van der Waals surface area contributed by atoms with Crippen molar-refractivity contribution in [3.63, 3.8) is 0 Å². The number of carbonyl (C=O) groups is 2. The minimum absolute atomic E-state index is 0.0517. The Labute approximate surface area is 143 Å². The number of rotatable bonds is 6. The van der Waals surface area contributed by atoms with Crippen LogP contribution in [0.2, 0.25) is 0 Å². The summed E-state index contributed by atoms with van der Waals surface area (Å²) in [6.07, 6.45) is 3.29. The van der Waals surface area contributed by atoms with Gasteiger partial charge in [-0.3, -0.25) is 9.59 Å². The predicted octanol–water partition coefficient (Wildman–Crippen LogP) is 1.89. The van der Waals surface area contributed by atoms with E-state index in [1.165, 1.54) is 6.33 Å². The van der Waals surface area contributed by atoms with Crippen LogP contribution in [0.5, 0.6) is 0 Å². The second kappa shape index (κ2) is 7.12. The summed E-state index contributed by atoms with van der Waals surface area (Å²) in [5.74, 6) is -0.201. The first-order valence-electron chi connectivity index (χ1n) is 8.00. The van der Waals surface area contributed by atoms with Crippen LogP contribution in [0.25, 0.3) is 10.2 Å². The molecule has 8 heteroatoms. The molecule has 2 aromatic heterocycles. The average molecular weight is 348 g/mol. The number of nitrogens with zero attached hydrogens (tertiary/aromatic N) is 3. The van der Waals surface area contributed by atoms with Gasteiger partial charge in [-0.1, -0.05) is 6.92 Å². The molecule has 7 nitrogen and oxygen atoms in total. The van der Waals surface area contributed by atoms with Crippen LogP contribution in [0.1, 0.15) is 26.2 Å². The highest BCUT2D eigenvalue weighted by Crippen LogP contribution is 2.31. The van der Waals surface area contributed by atoms with Gasteiger partial charge in [-0.05, 0) is 30.2 Å². The minimum atomic E-state index is -0.847. The van der Waals surface area contributed by atoms with Crippen LogP contribution in [-0.2, 0) is 9.59 Å². The third kappa shape index (κ3) is 3.48. The summed E-state index contributed by atoms with van der Waals surface area (Å²) >= 11 is 1.56. The van der Waals surface area contributed by atoms with Crippen LogP contribution in [0.4, 0.5) is 5.82 Å². The average Bonchev–Trinajstić information content (AvgIpc) is 3.20. The van der Waals surface area contributed by atoms with E-state index in [0.29, 0.717) is 6.54 Å². The van der Waals surface area contributed by atoms with Gasteiger partial charge in [0, 0.05) is 19.5 Å². The Morgan fingerprint density at radius 2 is 2.33 bits per heavy atom. The van der Waals surface area contributed by atoms with E-state index in [2.05, 4.69) is 15.3 Å². The first-order chi connectivity index (χ1) is 11.6. The first kappa shape index (κ1) is 16.6. The van der Waals surface area contributed by atoms with Crippen molar-refractivity contribution < 1.29 is 14.7 Å². The highest BCUT2D eigenvalue weighted by molar-refractivity contribution is 7.16. The molecule has 1 fully saturated rings. The van der Waals surface area contributed by atoms with E-state index >= 15 is 0 Å². The Morgan fingerprint density at radius 1 is 1.50 bits per heavy atom. The van der Waals surface area contributed by atoms with Crippen molar-refractivity contribution >= 4 is 39.2 Å². The van der Waals surface area contributed by atoms with E-state index in [-0.39, 0.29) is 24.3 Å². The molecule has 2 aromatic rings. The summed E-state index contributed by atoms with van der Waals surface area (Å²) in [5.41, 5.74) is 0. The fourth-order valence-corrected chi connectivity index (χ4v) is 3.79. The van der Waals surface area contributed by atoms with Crippen LogP contribution in [0.15, 0.2) is 17.8 Å².